The minimum absolute atomic E-state index is 0.581. The second-order valence-electron chi connectivity index (χ2n) is 4.10. The number of ether oxygens (including phenoxy) is 1. The molecule has 0 amide bonds. The van der Waals surface area contributed by atoms with Gasteiger partial charge in [-0.25, -0.2) is 4.98 Å². The Morgan fingerprint density at radius 1 is 1.24 bits per heavy atom. The van der Waals surface area contributed by atoms with Gasteiger partial charge in [0.2, 0.25) is 0 Å². The third-order valence-electron chi connectivity index (χ3n) is 3.00. The number of benzene rings is 1. The molecule has 2 rings (SSSR count). The van der Waals surface area contributed by atoms with Crippen molar-refractivity contribution in [1.29, 1.82) is 0 Å². The minimum atomic E-state index is 0.581. The smallest absolute Gasteiger partial charge is 0.135 e. The SMILES string of the molecule is COc1cc(C)c(-c2nc(N)cs2)c(C)c1C. The normalized spacial score (nSPS) is 10.6. The van der Waals surface area contributed by atoms with Crippen molar-refractivity contribution >= 4 is 17.2 Å². The van der Waals surface area contributed by atoms with Crippen LogP contribution in [0.2, 0.25) is 0 Å². The van der Waals surface area contributed by atoms with Crippen LogP contribution in [0.15, 0.2) is 11.4 Å². The molecule has 2 aromatic rings. The van der Waals surface area contributed by atoms with Crippen LogP contribution in [0.4, 0.5) is 5.82 Å². The van der Waals surface area contributed by atoms with Gasteiger partial charge in [-0.2, -0.15) is 0 Å². The molecule has 0 radical (unpaired) electrons. The molecular formula is C13H16N2OS. The van der Waals surface area contributed by atoms with Gasteiger partial charge < -0.3 is 10.5 Å². The summed E-state index contributed by atoms with van der Waals surface area (Å²) < 4.78 is 5.36. The summed E-state index contributed by atoms with van der Waals surface area (Å²) in [5.74, 6) is 1.51. The van der Waals surface area contributed by atoms with Gasteiger partial charge in [-0.3, -0.25) is 0 Å². The van der Waals surface area contributed by atoms with E-state index in [-0.39, 0.29) is 0 Å². The highest BCUT2D eigenvalue weighted by Crippen LogP contribution is 2.36. The first kappa shape index (κ1) is 11.9. The summed E-state index contributed by atoms with van der Waals surface area (Å²) in [6.07, 6.45) is 0. The molecule has 0 aliphatic heterocycles. The van der Waals surface area contributed by atoms with Gasteiger partial charge in [-0.1, -0.05) is 0 Å². The molecule has 0 bridgehead atoms. The predicted octanol–water partition coefficient (Wildman–Crippen LogP) is 3.33. The predicted molar refractivity (Wildman–Crippen MR) is 72.7 cm³/mol. The average Bonchev–Trinajstić information content (AvgIpc) is 2.70. The third-order valence-corrected chi connectivity index (χ3v) is 3.88. The molecule has 1 aromatic heterocycles. The number of hydrogen-bond donors (Lipinski definition) is 1. The maximum Gasteiger partial charge on any atom is 0.135 e. The maximum absolute atomic E-state index is 5.68. The van der Waals surface area contributed by atoms with Gasteiger partial charge in [0, 0.05) is 10.9 Å². The molecule has 1 aromatic carbocycles. The van der Waals surface area contributed by atoms with Crippen LogP contribution in [-0.2, 0) is 0 Å². The average molecular weight is 248 g/mol. The lowest BCUT2D eigenvalue weighted by atomic mass is 9.98. The molecule has 2 N–H and O–H groups in total. The quantitative estimate of drug-likeness (QED) is 0.886. The van der Waals surface area contributed by atoms with Crippen molar-refractivity contribution in [2.45, 2.75) is 20.8 Å². The van der Waals surface area contributed by atoms with E-state index >= 15 is 0 Å². The lowest BCUT2D eigenvalue weighted by molar-refractivity contribution is 0.411. The van der Waals surface area contributed by atoms with Gasteiger partial charge in [-0.15, -0.1) is 11.3 Å². The molecule has 0 fully saturated rings. The Morgan fingerprint density at radius 3 is 2.47 bits per heavy atom. The first-order chi connectivity index (χ1) is 8.04. The molecule has 0 saturated heterocycles. The highest BCUT2D eigenvalue weighted by molar-refractivity contribution is 7.13. The number of nitrogens with two attached hydrogens (primary N) is 1. The molecule has 0 aliphatic rings. The summed E-state index contributed by atoms with van der Waals surface area (Å²) in [7, 11) is 1.70. The van der Waals surface area contributed by atoms with Crippen LogP contribution in [0, 0.1) is 20.8 Å². The van der Waals surface area contributed by atoms with Crippen LogP contribution >= 0.6 is 11.3 Å². The van der Waals surface area contributed by atoms with E-state index in [9.17, 15) is 0 Å². The molecule has 17 heavy (non-hydrogen) atoms. The van der Waals surface area contributed by atoms with E-state index in [1.807, 2.05) is 5.38 Å². The van der Waals surface area contributed by atoms with Crippen molar-refractivity contribution in [3.63, 3.8) is 0 Å². The number of aryl methyl sites for hydroxylation is 1. The maximum atomic E-state index is 5.68. The fourth-order valence-electron chi connectivity index (χ4n) is 1.99. The summed E-state index contributed by atoms with van der Waals surface area (Å²) in [4.78, 5) is 4.35. The summed E-state index contributed by atoms with van der Waals surface area (Å²) >= 11 is 1.58. The van der Waals surface area contributed by atoms with Crippen molar-refractivity contribution in [3.8, 4) is 16.3 Å². The lowest BCUT2D eigenvalue weighted by Gasteiger charge is -2.14. The zero-order valence-electron chi connectivity index (χ0n) is 10.5. The van der Waals surface area contributed by atoms with Crippen molar-refractivity contribution in [1.82, 2.24) is 4.98 Å². The largest absolute Gasteiger partial charge is 0.496 e. The van der Waals surface area contributed by atoms with E-state index in [2.05, 4.69) is 31.8 Å². The molecule has 0 atom stereocenters. The second-order valence-corrected chi connectivity index (χ2v) is 4.96. The number of nitrogens with zero attached hydrogens (tertiary/aromatic N) is 1. The number of methoxy groups -OCH3 is 1. The van der Waals surface area contributed by atoms with Crippen molar-refractivity contribution in [2.75, 3.05) is 12.8 Å². The summed E-state index contributed by atoms with van der Waals surface area (Å²) in [6.45, 7) is 6.23. The van der Waals surface area contributed by atoms with E-state index < -0.39 is 0 Å². The fraction of sp³-hybridized carbons (Fsp3) is 0.308. The van der Waals surface area contributed by atoms with Gasteiger partial charge in [0.05, 0.1) is 7.11 Å². The molecule has 1 heterocycles. The Kier molecular flexibility index (Phi) is 3.07. The lowest BCUT2D eigenvalue weighted by Crippen LogP contribution is -1.96. The van der Waals surface area contributed by atoms with E-state index in [4.69, 9.17) is 10.5 Å². The van der Waals surface area contributed by atoms with Crippen LogP contribution < -0.4 is 10.5 Å². The van der Waals surface area contributed by atoms with Gasteiger partial charge in [-0.05, 0) is 43.5 Å². The second kappa shape index (κ2) is 4.37. The summed E-state index contributed by atoms with van der Waals surface area (Å²) in [5, 5.41) is 2.84. The number of rotatable bonds is 2. The number of thiazole rings is 1. The fourth-order valence-corrected chi connectivity index (χ4v) is 2.86. The van der Waals surface area contributed by atoms with Crippen LogP contribution in [-0.4, -0.2) is 12.1 Å². The van der Waals surface area contributed by atoms with E-state index in [0.717, 1.165) is 16.3 Å². The van der Waals surface area contributed by atoms with Crippen molar-refractivity contribution in [2.24, 2.45) is 0 Å². The molecule has 0 saturated carbocycles. The zero-order valence-corrected chi connectivity index (χ0v) is 11.3. The third kappa shape index (κ3) is 2.00. The molecule has 0 aliphatic carbocycles. The topological polar surface area (TPSA) is 48.1 Å². The Bertz CT molecular complexity index is 561. The summed E-state index contributed by atoms with van der Waals surface area (Å²) in [5.41, 5.74) is 10.4. The van der Waals surface area contributed by atoms with Gasteiger partial charge in [0.15, 0.2) is 0 Å². The molecule has 0 spiro atoms. The number of nitrogen functional groups attached to an aromatic ring is 1. The molecule has 3 nitrogen and oxygen atoms in total. The molecule has 4 heteroatoms. The Balaban J connectivity index is 2.66. The highest BCUT2D eigenvalue weighted by Gasteiger charge is 2.14. The highest BCUT2D eigenvalue weighted by atomic mass is 32.1. The van der Waals surface area contributed by atoms with Crippen molar-refractivity contribution < 1.29 is 4.74 Å². The van der Waals surface area contributed by atoms with Crippen LogP contribution in [0.5, 0.6) is 5.75 Å². The standard InChI is InChI=1S/C13H16N2OS/c1-7-5-10(16-4)8(2)9(3)12(7)13-15-11(14)6-17-13/h5-6H,14H2,1-4H3. The van der Waals surface area contributed by atoms with Gasteiger partial charge >= 0.3 is 0 Å². The first-order valence-electron chi connectivity index (χ1n) is 5.40. The van der Waals surface area contributed by atoms with E-state index in [0.29, 0.717) is 5.82 Å². The summed E-state index contributed by atoms with van der Waals surface area (Å²) in [6, 6.07) is 2.05. The minimum Gasteiger partial charge on any atom is -0.496 e. The van der Waals surface area contributed by atoms with Crippen LogP contribution in [0.3, 0.4) is 0 Å². The molecule has 0 unspecified atom stereocenters. The first-order valence-corrected chi connectivity index (χ1v) is 6.28. The molecular weight excluding hydrogens is 232 g/mol. The van der Waals surface area contributed by atoms with Gasteiger partial charge in [0.25, 0.3) is 0 Å². The zero-order chi connectivity index (χ0) is 12.6. The van der Waals surface area contributed by atoms with Crippen LogP contribution in [0.25, 0.3) is 10.6 Å². The van der Waals surface area contributed by atoms with E-state index in [1.54, 1.807) is 18.4 Å². The monoisotopic (exact) mass is 248 g/mol. The Morgan fingerprint density at radius 2 is 1.94 bits per heavy atom. The van der Waals surface area contributed by atoms with Gasteiger partial charge in [0.1, 0.15) is 16.6 Å². The molecule has 90 valence electrons. The number of anilines is 1. The van der Waals surface area contributed by atoms with Crippen LogP contribution in [0.1, 0.15) is 16.7 Å². The Labute approximate surface area is 105 Å². The number of hydrogen-bond acceptors (Lipinski definition) is 4. The van der Waals surface area contributed by atoms with E-state index in [1.165, 1.54) is 16.7 Å². The number of aromatic nitrogens is 1. The van der Waals surface area contributed by atoms with Crippen molar-refractivity contribution in [3.05, 3.63) is 28.1 Å². The Hall–Kier alpha value is -1.55.